The Bertz CT molecular complexity index is 568. The summed E-state index contributed by atoms with van der Waals surface area (Å²) in [5.74, 6) is 5.89. The second-order valence-electron chi connectivity index (χ2n) is 4.64. The lowest BCUT2D eigenvalue weighted by Gasteiger charge is -2.14. The van der Waals surface area contributed by atoms with E-state index in [0.717, 1.165) is 17.5 Å². The van der Waals surface area contributed by atoms with Crippen LogP contribution in [-0.4, -0.2) is 20.7 Å². The van der Waals surface area contributed by atoms with Gasteiger partial charge in [-0.25, -0.2) is 13.1 Å². The molecule has 0 aliphatic rings. The summed E-state index contributed by atoms with van der Waals surface area (Å²) in [6.07, 6.45) is 1.54. The van der Waals surface area contributed by atoms with Crippen LogP contribution in [-0.2, 0) is 10.0 Å². The van der Waals surface area contributed by atoms with Gasteiger partial charge in [-0.1, -0.05) is 37.3 Å². The number of hydrogen-bond acceptors (Lipinski definition) is 3. The summed E-state index contributed by atoms with van der Waals surface area (Å²) >= 11 is 0. The van der Waals surface area contributed by atoms with Crippen molar-refractivity contribution >= 4 is 10.0 Å². The first kappa shape index (κ1) is 16.7. The van der Waals surface area contributed by atoms with Gasteiger partial charge in [-0.3, -0.25) is 0 Å². The van der Waals surface area contributed by atoms with Crippen LogP contribution in [0.15, 0.2) is 24.3 Å². The predicted octanol–water partition coefficient (Wildman–Crippen LogP) is 1.78. The van der Waals surface area contributed by atoms with Crippen LogP contribution in [0.25, 0.3) is 0 Å². The first-order chi connectivity index (χ1) is 9.48. The maximum Gasteiger partial charge on any atom is 0.212 e. The van der Waals surface area contributed by atoms with Crippen LogP contribution >= 0.6 is 0 Å². The fraction of sp³-hybridized carbons (Fsp3) is 0.467. The number of benzene rings is 1. The van der Waals surface area contributed by atoms with E-state index in [4.69, 9.17) is 5.73 Å². The second-order valence-corrected chi connectivity index (χ2v) is 6.51. The van der Waals surface area contributed by atoms with Crippen LogP contribution in [0.1, 0.15) is 43.9 Å². The van der Waals surface area contributed by atoms with Gasteiger partial charge in [0.2, 0.25) is 10.0 Å². The third-order valence-electron chi connectivity index (χ3n) is 2.87. The van der Waals surface area contributed by atoms with Crippen molar-refractivity contribution in [3.05, 3.63) is 35.4 Å². The van der Waals surface area contributed by atoms with E-state index in [2.05, 4.69) is 16.6 Å². The average molecular weight is 294 g/mol. The lowest BCUT2D eigenvalue weighted by Crippen LogP contribution is -2.29. The molecule has 0 spiro atoms. The molecule has 1 atom stereocenters. The highest BCUT2D eigenvalue weighted by molar-refractivity contribution is 7.89. The zero-order chi connectivity index (χ0) is 15.0. The van der Waals surface area contributed by atoms with Crippen molar-refractivity contribution in [3.63, 3.8) is 0 Å². The lowest BCUT2D eigenvalue weighted by atomic mass is 10.1. The molecule has 0 fully saturated rings. The fourth-order valence-electron chi connectivity index (χ4n) is 1.74. The zero-order valence-corrected chi connectivity index (χ0v) is 12.8. The Hall–Kier alpha value is -1.35. The highest BCUT2D eigenvalue weighted by Crippen LogP contribution is 2.14. The van der Waals surface area contributed by atoms with Gasteiger partial charge in [-0.05, 0) is 31.0 Å². The van der Waals surface area contributed by atoms with Crippen molar-refractivity contribution in [2.75, 3.05) is 12.3 Å². The maximum absolute atomic E-state index is 11.8. The van der Waals surface area contributed by atoms with Crippen molar-refractivity contribution in [3.8, 4) is 11.8 Å². The van der Waals surface area contributed by atoms with E-state index in [-0.39, 0.29) is 11.8 Å². The second kappa shape index (κ2) is 8.05. The molecular weight excluding hydrogens is 272 g/mol. The zero-order valence-electron chi connectivity index (χ0n) is 12.0. The van der Waals surface area contributed by atoms with Gasteiger partial charge in [0.05, 0.1) is 12.3 Å². The molecule has 20 heavy (non-hydrogen) atoms. The Morgan fingerprint density at radius 3 is 2.50 bits per heavy atom. The van der Waals surface area contributed by atoms with E-state index >= 15 is 0 Å². The van der Waals surface area contributed by atoms with Crippen LogP contribution in [0.3, 0.4) is 0 Å². The quantitative estimate of drug-likeness (QED) is 0.786. The highest BCUT2D eigenvalue weighted by atomic mass is 32.2. The Morgan fingerprint density at radius 1 is 1.30 bits per heavy atom. The van der Waals surface area contributed by atoms with Crippen LogP contribution in [0.5, 0.6) is 0 Å². The molecule has 110 valence electrons. The number of sulfonamides is 1. The lowest BCUT2D eigenvalue weighted by molar-refractivity contribution is 0.564. The minimum atomic E-state index is -3.21. The standard InChI is InChI=1S/C15H22N2O2S/c1-3-4-12-20(18,19)17-13(2)15-9-7-14(8-10-15)6-5-11-16/h7-10,13,17H,3-4,11-12,16H2,1-2H3. The smallest absolute Gasteiger partial charge is 0.212 e. The van der Waals surface area contributed by atoms with E-state index in [9.17, 15) is 8.42 Å². The molecule has 0 heterocycles. The number of nitrogens with one attached hydrogen (secondary N) is 1. The molecule has 1 aromatic carbocycles. The maximum atomic E-state index is 11.8. The van der Waals surface area contributed by atoms with Crippen LogP contribution in [0, 0.1) is 11.8 Å². The Morgan fingerprint density at radius 2 is 1.95 bits per heavy atom. The molecule has 3 N–H and O–H groups in total. The number of hydrogen-bond donors (Lipinski definition) is 2. The average Bonchev–Trinajstić information content (AvgIpc) is 2.43. The minimum absolute atomic E-state index is 0.175. The van der Waals surface area contributed by atoms with Gasteiger partial charge in [0, 0.05) is 11.6 Å². The molecule has 0 amide bonds. The summed E-state index contributed by atoms with van der Waals surface area (Å²) < 4.78 is 26.4. The van der Waals surface area contributed by atoms with E-state index in [1.54, 1.807) is 0 Å². The fourth-order valence-corrected chi connectivity index (χ4v) is 3.20. The SMILES string of the molecule is CCCCS(=O)(=O)NC(C)c1ccc(C#CCN)cc1. The van der Waals surface area contributed by atoms with Gasteiger partial charge in [0.15, 0.2) is 0 Å². The van der Waals surface area contributed by atoms with Crippen molar-refractivity contribution in [2.24, 2.45) is 5.73 Å². The molecule has 0 radical (unpaired) electrons. The van der Waals surface area contributed by atoms with Gasteiger partial charge in [-0.15, -0.1) is 0 Å². The van der Waals surface area contributed by atoms with Crippen LogP contribution in [0.4, 0.5) is 0 Å². The van der Waals surface area contributed by atoms with Crippen LogP contribution < -0.4 is 10.5 Å². The molecule has 0 saturated carbocycles. The molecule has 1 unspecified atom stereocenters. The van der Waals surface area contributed by atoms with E-state index in [0.29, 0.717) is 13.0 Å². The first-order valence-corrected chi connectivity index (χ1v) is 8.42. The van der Waals surface area contributed by atoms with E-state index in [1.165, 1.54) is 0 Å². The Kier molecular flexibility index (Phi) is 6.73. The van der Waals surface area contributed by atoms with Gasteiger partial charge in [0.25, 0.3) is 0 Å². The molecule has 0 aliphatic carbocycles. The monoisotopic (exact) mass is 294 g/mol. The molecule has 1 rings (SSSR count). The Balaban J connectivity index is 2.70. The molecule has 5 heteroatoms. The predicted molar refractivity (Wildman–Crippen MR) is 82.6 cm³/mol. The third-order valence-corrected chi connectivity index (χ3v) is 4.41. The number of rotatable bonds is 6. The molecule has 0 aromatic heterocycles. The molecule has 4 nitrogen and oxygen atoms in total. The molecular formula is C15H22N2O2S. The summed E-state index contributed by atoms with van der Waals surface area (Å²) in [6, 6.07) is 7.26. The van der Waals surface area contributed by atoms with Crippen molar-refractivity contribution < 1.29 is 8.42 Å². The van der Waals surface area contributed by atoms with Crippen molar-refractivity contribution in [1.82, 2.24) is 4.72 Å². The highest BCUT2D eigenvalue weighted by Gasteiger charge is 2.14. The number of unbranched alkanes of at least 4 members (excludes halogenated alkanes) is 1. The summed E-state index contributed by atoms with van der Waals surface area (Å²) in [6.45, 7) is 4.14. The van der Waals surface area contributed by atoms with Gasteiger partial charge in [-0.2, -0.15) is 0 Å². The van der Waals surface area contributed by atoms with E-state index in [1.807, 2.05) is 38.1 Å². The summed E-state index contributed by atoms with van der Waals surface area (Å²) in [5.41, 5.74) is 7.11. The van der Waals surface area contributed by atoms with Gasteiger partial charge in [0.1, 0.15) is 0 Å². The topological polar surface area (TPSA) is 72.2 Å². The van der Waals surface area contributed by atoms with Gasteiger partial charge < -0.3 is 5.73 Å². The third kappa shape index (κ3) is 5.74. The minimum Gasteiger partial charge on any atom is -0.320 e. The first-order valence-electron chi connectivity index (χ1n) is 6.77. The van der Waals surface area contributed by atoms with E-state index < -0.39 is 10.0 Å². The molecule has 1 aromatic rings. The normalized spacial score (nSPS) is 12.6. The summed E-state index contributed by atoms with van der Waals surface area (Å²) in [4.78, 5) is 0. The molecule has 0 bridgehead atoms. The Labute approximate surface area is 121 Å². The summed E-state index contributed by atoms with van der Waals surface area (Å²) in [7, 11) is -3.21. The molecule has 0 saturated heterocycles. The van der Waals surface area contributed by atoms with Crippen molar-refractivity contribution in [2.45, 2.75) is 32.7 Å². The largest absolute Gasteiger partial charge is 0.320 e. The number of nitrogens with two attached hydrogens (primary N) is 1. The van der Waals surface area contributed by atoms with Crippen LogP contribution in [0.2, 0.25) is 0 Å². The summed E-state index contributed by atoms with van der Waals surface area (Å²) in [5, 5.41) is 0. The van der Waals surface area contributed by atoms with Crippen molar-refractivity contribution in [1.29, 1.82) is 0 Å². The molecule has 0 aliphatic heterocycles. The van der Waals surface area contributed by atoms with Gasteiger partial charge >= 0.3 is 0 Å².